The fraction of sp³-hybridized carbons (Fsp3) is 0.467. The van der Waals surface area contributed by atoms with E-state index in [1.807, 2.05) is 32.9 Å². The molecule has 0 saturated heterocycles. The molecule has 1 aromatic carbocycles. The molecule has 0 radical (unpaired) electrons. The summed E-state index contributed by atoms with van der Waals surface area (Å²) in [6.45, 7) is 5.63. The summed E-state index contributed by atoms with van der Waals surface area (Å²) < 4.78 is 26.5. The number of aryl methyl sites for hydroxylation is 1. The van der Waals surface area contributed by atoms with Crippen molar-refractivity contribution in [3.05, 3.63) is 29.3 Å². The predicted molar refractivity (Wildman–Crippen MR) is 82.0 cm³/mol. The molecular formula is C15H21NO3S. The van der Waals surface area contributed by atoms with Gasteiger partial charge in [0.15, 0.2) is 0 Å². The van der Waals surface area contributed by atoms with Crippen LogP contribution in [-0.4, -0.2) is 25.9 Å². The maximum absolute atomic E-state index is 12.0. The van der Waals surface area contributed by atoms with Crippen molar-refractivity contribution >= 4 is 15.7 Å². The van der Waals surface area contributed by atoms with Gasteiger partial charge in [0, 0.05) is 12.0 Å². The van der Waals surface area contributed by atoms with Crippen LogP contribution in [0.3, 0.4) is 0 Å². The molecule has 0 aliphatic rings. The van der Waals surface area contributed by atoms with Crippen LogP contribution in [-0.2, 0) is 10.0 Å². The van der Waals surface area contributed by atoms with E-state index in [9.17, 15) is 8.42 Å². The zero-order chi connectivity index (χ0) is 15.2. The third-order valence-electron chi connectivity index (χ3n) is 2.45. The van der Waals surface area contributed by atoms with Crippen LogP contribution in [0, 0.1) is 24.7 Å². The van der Waals surface area contributed by atoms with Gasteiger partial charge in [-0.3, -0.25) is 4.72 Å². The van der Waals surface area contributed by atoms with Crippen LogP contribution in [0.15, 0.2) is 18.2 Å². The first-order valence-corrected chi connectivity index (χ1v) is 8.20. The Bertz CT molecular complexity index is 610. The molecule has 0 aromatic heterocycles. The molecule has 0 spiro atoms. The minimum absolute atomic E-state index is 0.00672. The first kappa shape index (κ1) is 16.5. The summed E-state index contributed by atoms with van der Waals surface area (Å²) >= 11 is 0. The second-order valence-corrected chi connectivity index (χ2v) is 6.87. The van der Waals surface area contributed by atoms with E-state index in [1.165, 1.54) is 0 Å². The first-order valence-electron chi connectivity index (χ1n) is 6.55. The fourth-order valence-corrected chi connectivity index (χ4v) is 3.19. The van der Waals surface area contributed by atoms with Crippen molar-refractivity contribution in [1.82, 2.24) is 0 Å². The van der Waals surface area contributed by atoms with E-state index in [2.05, 4.69) is 16.6 Å². The Balaban J connectivity index is 3.04. The van der Waals surface area contributed by atoms with Crippen molar-refractivity contribution < 1.29 is 13.5 Å². The third-order valence-corrected chi connectivity index (χ3v) is 4.09. The van der Waals surface area contributed by atoms with Gasteiger partial charge in [0.05, 0.1) is 18.0 Å². The van der Waals surface area contributed by atoms with Gasteiger partial charge in [0.2, 0.25) is 10.0 Å². The average Bonchev–Trinajstić information content (AvgIpc) is 2.31. The van der Waals surface area contributed by atoms with Crippen LogP contribution in [0.1, 0.15) is 31.4 Å². The monoisotopic (exact) mass is 295 g/mol. The zero-order valence-corrected chi connectivity index (χ0v) is 12.9. The summed E-state index contributed by atoms with van der Waals surface area (Å²) in [5.41, 5.74) is 2.12. The molecule has 4 nitrogen and oxygen atoms in total. The molecule has 5 heteroatoms. The standard InChI is InChI=1S/C15H21NO3S/c1-12(2)11-20(18,19)16-15-8-7-13(3)10-14(15)6-4-5-9-17/h7-8,10,12,16-17H,5,9,11H2,1-3H3. The summed E-state index contributed by atoms with van der Waals surface area (Å²) in [4.78, 5) is 0. The van der Waals surface area contributed by atoms with Gasteiger partial charge in [0.1, 0.15) is 0 Å². The molecule has 0 atom stereocenters. The highest BCUT2D eigenvalue weighted by molar-refractivity contribution is 7.92. The molecule has 0 amide bonds. The second kappa shape index (κ2) is 7.32. The molecule has 0 heterocycles. The average molecular weight is 295 g/mol. The van der Waals surface area contributed by atoms with Crippen molar-refractivity contribution in [2.24, 2.45) is 5.92 Å². The van der Waals surface area contributed by atoms with Crippen molar-refractivity contribution in [3.63, 3.8) is 0 Å². The minimum atomic E-state index is -3.37. The summed E-state index contributed by atoms with van der Waals surface area (Å²) in [5.74, 6) is 5.84. The third kappa shape index (κ3) is 5.64. The maximum atomic E-state index is 12.0. The molecule has 110 valence electrons. The second-order valence-electron chi connectivity index (χ2n) is 5.10. The van der Waals surface area contributed by atoms with E-state index < -0.39 is 10.0 Å². The van der Waals surface area contributed by atoms with E-state index in [-0.39, 0.29) is 18.3 Å². The Morgan fingerprint density at radius 3 is 2.65 bits per heavy atom. The molecule has 0 unspecified atom stereocenters. The number of aliphatic hydroxyl groups excluding tert-OH is 1. The highest BCUT2D eigenvalue weighted by Crippen LogP contribution is 2.18. The predicted octanol–water partition coefficient (Wildman–Crippen LogP) is 2.13. The lowest BCUT2D eigenvalue weighted by molar-refractivity contribution is 0.305. The van der Waals surface area contributed by atoms with Gasteiger partial charge in [-0.2, -0.15) is 0 Å². The largest absolute Gasteiger partial charge is 0.395 e. The topological polar surface area (TPSA) is 66.4 Å². The number of anilines is 1. The molecule has 0 fully saturated rings. The number of hydrogen-bond donors (Lipinski definition) is 2. The number of sulfonamides is 1. The van der Waals surface area contributed by atoms with Crippen molar-refractivity contribution in [3.8, 4) is 11.8 Å². The van der Waals surface area contributed by atoms with Crippen LogP contribution in [0.4, 0.5) is 5.69 Å². The number of rotatable bonds is 5. The lowest BCUT2D eigenvalue weighted by atomic mass is 10.1. The van der Waals surface area contributed by atoms with E-state index in [1.54, 1.807) is 6.07 Å². The Labute approximate surface area is 121 Å². The van der Waals surface area contributed by atoms with Gasteiger partial charge >= 0.3 is 0 Å². The van der Waals surface area contributed by atoms with Crippen LogP contribution in [0.5, 0.6) is 0 Å². The summed E-state index contributed by atoms with van der Waals surface area (Å²) in [6, 6.07) is 5.39. The lowest BCUT2D eigenvalue weighted by Gasteiger charge is -2.12. The summed E-state index contributed by atoms with van der Waals surface area (Å²) in [6.07, 6.45) is 0.367. The summed E-state index contributed by atoms with van der Waals surface area (Å²) in [7, 11) is -3.37. The van der Waals surface area contributed by atoms with Gasteiger partial charge in [-0.1, -0.05) is 31.8 Å². The maximum Gasteiger partial charge on any atom is 0.233 e. The minimum Gasteiger partial charge on any atom is -0.395 e. The number of nitrogens with one attached hydrogen (secondary N) is 1. The van der Waals surface area contributed by atoms with Gasteiger partial charge in [-0.25, -0.2) is 8.42 Å². The van der Waals surface area contributed by atoms with Crippen molar-refractivity contribution in [2.75, 3.05) is 17.1 Å². The molecule has 0 aliphatic carbocycles. The van der Waals surface area contributed by atoms with E-state index in [4.69, 9.17) is 5.11 Å². The quantitative estimate of drug-likeness (QED) is 0.818. The lowest BCUT2D eigenvalue weighted by Crippen LogP contribution is -2.20. The molecule has 0 bridgehead atoms. The molecule has 0 saturated carbocycles. The normalized spacial score (nSPS) is 11.1. The SMILES string of the molecule is Cc1ccc(NS(=O)(=O)CC(C)C)c(C#CCCO)c1. The Hall–Kier alpha value is -1.51. The molecular weight excluding hydrogens is 274 g/mol. The zero-order valence-electron chi connectivity index (χ0n) is 12.1. The van der Waals surface area contributed by atoms with Gasteiger partial charge in [-0.05, 0) is 30.5 Å². The number of aliphatic hydroxyl groups is 1. The number of benzene rings is 1. The highest BCUT2D eigenvalue weighted by atomic mass is 32.2. The highest BCUT2D eigenvalue weighted by Gasteiger charge is 2.14. The van der Waals surface area contributed by atoms with Crippen LogP contribution in [0.2, 0.25) is 0 Å². The van der Waals surface area contributed by atoms with E-state index in [0.717, 1.165) is 5.56 Å². The van der Waals surface area contributed by atoms with Crippen LogP contribution >= 0.6 is 0 Å². The van der Waals surface area contributed by atoms with Crippen molar-refractivity contribution in [1.29, 1.82) is 0 Å². The summed E-state index contributed by atoms with van der Waals surface area (Å²) in [5, 5.41) is 8.74. The Morgan fingerprint density at radius 1 is 1.35 bits per heavy atom. The number of hydrogen-bond acceptors (Lipinski definition) is 3. The Kier molecular flexibility index (Phi) is 6.05. The van der Waals surface area contributed by atoms with Gasteiger partial charge in [0.25, 0.3) is 0 Å². The smallest absolute Gasteiger partial charge is 0.233 e. The van der Waals surface area contributed by atoms with Gasteiger partial charge in [-0.15, -0.1) is 0 Å². The molecule has 0 aliphatic heterocycles. The van der Waals surface area contributed by atoms with E-state index in [0.29, 0.717) is 17.7 Å². The van der Waals surface area contributed by atoms with Crippen LogP contribution < -0.4 is 4.72 Å². The molecule has 2 N–H and O–H groups in total. The molecule has 1 rings (SSSR count). The Morgan fingerprint density at radius 2 is 2.05 bits per heavy atom. The van der Waals surface area contributed by atoms with Crippen molar-refractivity contribution in [2.45, 2.75) is 27.2 Å². The molecule has 20 heavy (non-hydrogen) atoms. The first-order chi connectivity index (χ1) is 9.34. The van der Waals surface area contributed by atoms with Crippen LogP contribution in [0.25, 0.3) is 0 Å². The van der Waals surface area contributed by atoms with Gasteiger partial charge < -0.3 is 5.11 Å². The fourth-order valence-electron chi connectivity index (χ4n) is 1.71. The van der Waals surface area contributed by atoms with E-state index >= 15 is 0 Å². The molecule has 1 aromatic rings.